The van der Waals surface area contributed by atoms with Gasteiger partial charge in [-0.3, -0.25) is 9.97 Å². The Kier molecular flexibility index (Phi) is 7.96. The molecule has 2 heterocycles. The minimum Gasteiger partial charge on any atom is -0.508 e. The second kappa shape index (κ2) is 10.5. The maximum Gasteiger partial charge on any atom is 0.123 e. The molecule has 0 aliphatic rings. The molecule has 0 atom stereocenters. The number of methoxy groups -OCH3 is 1. The summed E-state index contributed by atoms with van der Waals surface area (Å²) in [5.74, 6) is 0.819. The quantitative estimate of drug-likeness (QED) is 0.628. The van der Waals surface area contributed by atoms with Crippen molar-refractivity contribution >= 4 is 0 Å². The average molecular weight is 334 g/mol. The van der Waals surface area contributed by atoms with Gasteiger partial charge in [0.25, 0.3) is 0 Å². The van der Waals surface area contributed by atoms with Crippen LogP contribution in [0.5, 0.6) is 11.5 Å². The van der Waals surface area contributed by atoms with Gasteiger partial charge >= 0.3 is 0 Å². The van der Waals surface area contributed by atoms with E-state index < -0.39 is 0 Å². The molecule has 0 aromatic carbocycles. The van der Waals surface area contributed by atoms with Crippen LogP contribution in [0, 0.1) is 0 Å². The molecule has 0 aliphatic carbocycles. The average Bonchev–Trinajstić information content (AvgIpc) is 2.61. The molecule has 0 spiro atoms. The molecular weight excluding hydrogens is 312 g/mol. The summed E-state index contributed by atoms with van der Waals surface area (Å²) < 4.78 is 21.2. The summed E-state index contributed by atoms with van der Waals surface area (Å²) in [4.78, 5) is 8.41. The van der Waals surface area contributed by atoms with Crippen LogP contribution >= 0.6 is 0 Å². The minimum atomic E-state index is 0.147. The van der Waals surface area contributed by atoms with Crippen LogP contribution in [-0.2, 0) is 14.2 Å². The highest BCUT2D eigenvalue weighted by atomic mass is 16.6. The molecule has 2 rings (SSSR count). The first-order valence-electron chi connectivity index (χ1n) is 7.68. The topological polar surface area (TPSA) is 82.9 Å². The first-order valence-corrected chi connectivity index (χ1v) is 7.68. The third kappa shape index (κ3) is 6.49. The molecule has 7 nitrogen and oxygen atoms in total. The van der Waals surface area contributed by atoms with Crippen LogP contribution in [0.15, 0.2) is 36.7 Å². The Hall–Kier alpha value is -2.22. The van der Waals surface area contributed by atoms with Gasteiger partial charge < -0.3 is 24.1 Å². The third-order valence-electron chi connectivity index (χ3n) is 3.04. The van der Waals surface area contributed by atoms with E-state index in [2.05, 4.69) is 9.97 Å². The summed E-state index contributed by atoms with van der Waals surface area (Å²) in [5, 5.41) is 9.50. The van der Waals surface area contributed by atoms with Gasteiger partial charge in [0, 0.05) is 31.6 Å². The van der Waals surface area contributed by atoms with Crippen LogP contribution in [-0.4, -0.2) is 61.8 Å². The maximum atomic E-state index is 9.50. The molecule has 24 heavy (non-hydrogen) atoms. The number of aromatic hydroxyl groups is 1. The lowest BCUT2D eigenvalue weighted by atomic mass is 10.2. The van der Waals surface area contributed by atoms with E-state index in [1.807, 2.05) is 0 Å². The Balaban J connectivity index is 1.69. The molecule has 2 aromatic heterocycles. The van der Waals surface area contributed by atoms with Gasteiger partial charge in [0.2, 0.25) is 0 Å². The van der Waals surface area contributed by atoms with Crippen molar-refractivity contribution in [3.63, 3.8) is 0 Å². The number of hydrogen-bond donors (Lipinski definition) is 1. The molecule has 0 bridgehead atoms. The lowest BCUT2D eigenvalue weighted by molar-refractivity contribution is 0.0180. The maximum absolute atomic E-state index is 9.50. The first kappa shape index (κ1) is 18.1. The second-order valence-electron chi connectivity index (χ2n) is 4.84. The van der Waals surface area contributed by atoms with Gasteiger partial charge in [-0.25, -0.2) is 0 Å². The largest absolute Gasteiger partial charge is 0.508 e. The summed E-state index contributed by atoms with van der Waals surface area (Å²) in [7, 11) is 1.64. The monoisotopic (exact) mass is 334 g/mol. The lowest BCUT2D eigenvalue weighted by Crippen LogP contribution is -2.12. The second-order valence-corrected chi connectivity index (χ2v) is 4.84. The molecule has 0 saturated carbocycles. The SMILES string of the molecule is COCCOCCOCCOc1ccnc(-c2cc(O)ccn2)c1. The molecule has 0 saturated heterocycles. The zero-order valence-electron chi connectivity index (χ0n) is 13.7. The number of aromatic nitrogens is 2. The van der Waals surface area contributed by atoms with Gasteiger partial charge in [-0.15, -0.1) is 0 Å². The summed E-state index contributed by atoms with van der Waals surface area (Å²) in [5.41, 5.74) is 1.22. The van der Waals surface area contributed by atoms with Gasteiger partial charge in [-0.05, 0) is 12.1 Å². The van der Waals surface area contributed by atoms with Crippen LogP contribution in [0.3, 0.4) is 0 Å². The normalized spacial score (nSPS) is 10.7. The van der Waals surface area contributed by atoms with Crippen LogP contribution in [0.25, 0.3) is 11.4 Å². The van der Waals surface area contributed by atoms with Gasteiger partial charge in [0.15, 0.2) is 0 Å². The van der Waals surface area contributed by atoms with E-state index in [9.17, 15) is 5.11 Å². The Labute approximate surface area is 141 Å². The highest BCUT2D eigenvalue weighted by molar-refractivity contribution is 5.57. The van der Waals surface area contributed by atoms with E-state index >= 15 is 0 Å². The lowest BCUT2D eigenvalue weighted by Gasteiger charge is -2.08. The predicted octanol–water partition coefficient (Wildman–Crippen LogP) is 1.91. The molecule has 130 valence electrons. The highest BCUT2D eigenvalue weighted by Crippen LogP contribution is 2.22. The van der Waals surface area contributed by atoms with Crippen molar-refractivity contribution in [2.75, 3.05) is 46.8 Å². The number of nitrogens with zero attached hydrogens (tertiary/aromatic N) is 2. The van der Waals surface area contributed by atoms with Crippen molar-refractivity contribution in [3.8, 4) is 22.9 Å². The van der Waals surface area contributed by atoms with Crippen molar-refractivity contribution in [1.29, 1.82) is 0 Å². The van der Waals surface area contributed by atoms with E-state index in [0.717, 1.165) is 0 Å². The molecule has 7 heteroatoms. The molecule has 0 fully saturated rings. The summed E-state index contributed by atoms with van der Waals surface area (Å²) in [6.45, 7) is 3.10. The van der Waals surface area contributed by atoms with Crippen molar-refractivity contribution in [2.45, 2.75) is 0 Å². The number of rotatable bonds is 11. The van der Waals surface area contributed by atoms with E-state index in [4.69, 9.17) is 18.9 Å². The fraction of sp³-hybridized carbons (Fsp3) is 0.412. The molecule has 0 unspecified atom stereocenters. The standard InChI is InChI=1S/C17H22N2O5/c1-21-6-7-22-8-9-23-10-11-24-15-3-5-19-17(13-15)16-12-14(20)2-4-18-16/h2-5,12-13H,6-11H2,1H3,(H,18,20). The van der Waals surface area contributed by atoms with Crippen LogP contribution in [0.1, 0.15) is 0 Å². The van der Waals surface area contributed by atoms with E-state index in [-0.39, 0.29) is 5.75 Å². The fourth-order valence-corrected chi connectivity index (χ4v) is 1.88. The summed E-state index contributed by atoms with van der Waals surface area (Å²) in [6.07, 6.45) is 3.17. The Morgan fingerprint density at radius 3 is 2.17 bits per heavy atom. The first-order chi connectivity index (χ1) is 11.8. The molecule has 0 radical (unpaired) electrons. The molecule has 0 amide bonds. The van der Waals surface area contributed by atoms with Crippen LogP contribution in [0.2, 0.25) is 0 Å². The summed E-state index contributed by atoms with van der Waals surface area (Å²) >= 11 is 0. The van der Waals surface area contributed by atoms with E-state index in [1.165, 1.54) is 12.3 Å². The zero-order valence-corrected chi connectivity index (χ0v) is 13.7. The molecule has 1 N–H and O–H groups in total. The van der Waals surface area contributed by atoms with Gasteiger partial charge in [0.1, 0.15) is 18.1 Å². The molecule has 2 aromatic rings. The van der Waals surface area contributed by atoms with E-state index in [0.29, 0.717) is 56.8 Å². The van der Waals surface area contributed by atoms with Crippen molar-refractivity contribution in [1.82, 2.24) is 9.97 Å². The number of hydrogen-bond acceptors (Lipinski definition) is 7. The van der Waals surface area contributed by atoms with Crippen molar-refractivity contribution in [3.05, 3.63) is 36.7 Å². The Bertz CT molecular complexity index is 609. The molecular formula is C17H22N2O5. The third-order valence-corrected chi connectivity index (χ3v) is 3.04. The van der Waals surface area contributed by atoms with Crippen LogP contribution < -0.4 is 4.74 Å². The highest BCUT2D eigenvalue weighted by Gasteiger charge is 2.04. The summed E-state index contributed by atoms with van der Waals surface area (Å²) in [6, 6.07) is 6.61. The van der Waals surface area contributed by atoms with Gasteiger partial charge in [0.05, 0.1) is 44.4 Å². The number of pyridine rings is 2. The van der Waals surface area contributed by atoms with Crippen molar-refractivity contribution in [2.24, 2.45) is 0 Å². The zero-order chi connectivity index (χ0) is 17.0. The fourth-order valence-electron chi connectivity index (χ4n) is 1.88. The van der Waals surface area contributed by atoms with Crippen LogP contribution in [0.4, 0.5) is 0 Å². The van der Waals surface area contributed by atoms with Gasteiger partial charge in [-0.1, -0.05) is 0 Å². The number of ether oxygens (including phenoxy) is 4. The van der Waals surface area contributed by atoms with Crippen molar-refractivity contribution < 1.29 is 24.1 Å². The van der Waals surface area contributed by atoms with Gasteiger partial charge in [-0.2, -0.15) is 0 Å². The van der Waals surface area contributed by atoms with E-state index in [1.54, 1.807) is 31.5 Å². The molecule has 0 aliphatic heterocycles. The smallest absolute Gasteiger partial charge is 0.123 e. The predicted molar refractivity (Wildman–Crippen MR) is 88.1 cm³/mol. The Morgan fingerprint density at radius 2 is 1.46 bits per heavy atom. The Morgan fingerprint density at radius 1 is 0.833 bits per heavy atom. The minimum absolute atomic E-state index is 0.147.